The molecule has 0 aromatic heterocycles. The molecule has 0 saturated carbocycles. The highest BCUT2D eigenvalue weighted by Gasteiger charge is 2.32. The van der Waals surface area contributed by atoms with Crippen molar-refractivity contribution in [3.8, 4) is 0 Å². The number of hydrogen-bond donors (Lipinski definition) is 0. The predicted octanol–water partition coefficient (Wildman–Crippen LogP) is 3.39. The molecule has 1 fully saturated rings. The Morgan fingerprint density at radius 3 is 2.21 bits per heavy atom. The lowest BCUT2D eigenvalue weighted by Gasteiger charge is -2.34. The fourth-order valence-corrected chi connectivity index (χ4v) is 5.23. The molecule has 33 heavy (non-hydrogen) atoms. The maximum Gasteiger partial charge on any atom is 0.416 e. The van der Waals surface area contributed by atoms with Crippen LogP contribution in [0, 0.1) is 17.0 Å². The van der Waals surface area contributed by atoms with Crippen molar-refractivity contribution in [2.45, 2.75) is 30.8 Å². The normalized spacial score (nSPS) is 15.5. The Hall–Kier alpha value is -2.99. The Morgan fingerprint density at radius 1 is 1.06 bits per heavy atom. The van der Waals surface area contributed by atoms with Gasteiger partial charge < -0.3 is 4.90 Å². The highest BCUT2D eigenvalue weighted by atomic mass is 32.2. The van der Waals surface area contributed by atoms with Gasteiger partial charge in [-0.3, -0.25) is 14.9 Å². The van der Waals surface area contributed by atoms with Gasteiger partial charge in [-0.1, -0.05) is 18.2 Å². The van der Waals surface area contributed by atoms with Gasteiger partial charge in [0.1, 0.15) is 0 Å². The lowest BCUT2D eigenvalue weighted by Crippen LogP contribution is -2.50. The van der Waals surface area contributed by atoms with E-state index in [4.69, 9.17) is 0 Å². The van der Waals surface area contributed by atoms with Crippen molar-refractivity contribution in [2.24, 2.45) is 0 Å². The fourth-order valence-electron chi connectivity index (χ4n) is 3.57. The van der Waals surface area contributed by atoms with Crippen LogP contribution in [0.4, 0.5) is 18.9 Å². The lowest BCUT2D eigenvalue weighted by atomic mass is 10.1. The van der Waals surface area contributed by atoms with Gasteiger partial charge in [-0.25, -0.2) is 8.42 Å². The summed E-state index contributed by atoms with van der Waals surface area (Å²) in [6.07, 6.45) is -4.07. The number of aryl methyl sites for hydroxylation is 2. The Morgan fingerprint density at radius 2 is 1.67 bits per heavy atom. The van der Waals surface area contributed by atoms with Crippen LogP contribution in [0.5, 0.6) is 0 Å². The van der Waals surface area contributed by atoms with Crippen LogP contribution < -0.4 is 0 Å². The molecular weight excluding hydrogens is 463 g/mol. The average molecular weight is 485 g/mol. The van der Waals surface area contributed by atoms with Crippen molar-refractivity contribution in [3.63, 3.8) is 0 Å². The van der Waals surface area contributed by atoms with E-state index in [1.54, 1.807) is 6.92 Å². The molecule has 0 radical (unpaired) electrons. The first-order chi connectivity index (χ1) is 15.4. The molecule has 0 unspecified atom stereocenters. The van der Waals surface area contributed by atoms with E-state index in [0.717, 1.165) is 18.2 Å². The van der Waals surface area contributed by atoms with Crippen LogP contribution in [0.2, 0.25) is 0 Å². The minimum atomic E-state index is -4.42. The van der Waals surface area contributed by atoms with E-state index >= 15 is 0 Å². The Kier molecular flexibility index (Phi) is 7.08. The van der Waals surface area contributed by atoms with Gasteiger partial charge in [-0.15, -0.1) is 0 Å². The molecule has 2 aromatic carbocycles. The fraction of sp³-hybridized carbons (Fsp3) is 0.381. The molecule has 1 saturated heterocycles. The third kappa shape index (κ3) is 5.69. The number of halogens is 3. The van der Waals surface area contributed by atoms with Gasteiger partial charge in [0.05, 0.1) is 15.4 Å². The van der Waals surface area contributed by atoms with Gasteiger partial charge in [0, 0.05) is 44.7 Å². The second kappa shape index (κ2) is 9.48. The van der Waals surface area contributed by atoms with E-state index in [1.807, 2.05) is 0 Å². The molecule has 178 valence electrons. The average Bonchev–Trinajstić information content (AvgIpc) is 2.77. The van der Waals surface area contributed by atoms with Gasteiger partial charge in [0.2, 0.25) is 15.9 Å². The maximum atomic E-state index is 13.0. The van der Waals surface area contributed by atoms with Crippen LogP contribution in [-0.4, -0.2) is 54.6 Å². The molecule has 0 atom stereocenters. The van der Waals surface area contributed by atoms with Crippen molar-refractivity contribution in [1.82, 2.24) is 9.21 Å². The standard InChI is InChI=1S/C21H22F3N3O5S/c1-15-2-8-18(27(29)30)14-19(15)33(31,32)26-12-10-25(11-13-26)20(28)9-5-16-3-6-17(7-4-16)21(22,23)24/h2-4,6-8,14H,5,9-13H2,1H3. The first kappa shape index (κ1) is 24.6. The van der Waals surface area contributed by atoms with Crippen LogP contribution in [0.1, 0.15) is 23.1 Å². The number of carbonyl (C=O) groups is 1. The van der Waals surface area contributed by atoms with E-state index in [9.17, 15) is 36.5 Å². The molecule has 3 rings (SSSR count). The monoisotopic (exact) mass is 485 g/mol. The van der Waals surface area contributed by atoms with Gasteiger partial charge in [-0.2, -0.15) is 17.5 Å². The molecule has 8 nitrogen and oxygen atoms in total. The Bertz CT molecular complexity index is 1140. The summed E-state index contributed by atoms with van der Waals surface area (Å²) in [5.41, 5.74) is -0.0977. The number of amides is 1. The number of alkyl halides is 3. The van der Waals surface area contributed by atoms with Crippen molar-refractivity contribution >= 4 is 21.6 Å². The van der Waals surface area contributed by atoms with Crippen molar-refractivity contribution < 1.29 is 31.3 Å². The number of benzene rings is 2. The molecule has 1 amide bonds. The van der Waals surface area contributed by atoms with Crippen LogP contribution >= 0.6 is 0 Å². The molecular formula is C21H22F3N3O5S. The zero-order chi connectivity index (χ0) is 24.4. The number of nitrogens with zero attached hydrogens (tertiary/aromatic N) is 3. The van der Waals surface area contributed by atoms with Crippen LogP contribution in [0.3, 0.4) is 0 Å². The molecule has 2 aromatic rings. The maximum absolute atomic E-state index is 13.0. The predicted molar refractivity (Wildman–Crippen MR) is 113 cm³/mol. The number of non-ortho nitro benzene ring substituents is 1. The Balaban J connectivity index is 1.58. The molecule has 1 aliphatic heterocycles. The third-order valence-electron chi connectivity index (χ3n) is 5.50. The summed E-state index contributed by atoms with van der Waals surface area (Å²) in [6.45, 7) is 1.93. The zero-order valence-corrected chi connectivity index (χ0v) is 18.5. The number of nitro groups is 1. The van der Waals surface area contributed by atoms with Crippen LogP contribution in [0.15, 0.2) is 47.4 Å². The minimum Gasteiger partial charge on any atom is -0.340 e. The Labute approximate surface area is 188 Å². The minimum absolute atomic E-state index is 0.0382. The number of sulfonamides is 1. The second-order valence-electron chi connectivity index (χ2n) is 7.69. The largest absolute Gasteiger partial charge is 0.416 e. The summed E-state index contributed by atoms with van der Waals surface area (Å²) >= 11 is 0. The molecule has 1 aliphatic rings. The highest BCUT2D eigenvalue weighted by Crippen LogP contribution is 2.29. The summed E-state index contributed by atoms with van der Waals surface area (Å²) < 4.78 is 65.1. The smallest absolute Gasteiger partial charge is 0.340 e. The summed E-state index contributed by atoms with van der Waals surface area (Å²) in [6, 6.07) is 8.27. The summed E-state index contributed by atoms with van der Waals surface area (Å²) in [5, 5.41) is 11.0. The number of nitro benzene ring substituents is 1. The zero-order valence-electron chi connectivity index (χ0n) is 17.7. The van der Waals surface area contributed by atoms with Crippen molar-refractivity contribution in [1.29, 1.82) is 0 Å². The van der Waals surface area contributed by atoms with Crippen molar-refractivity contribution in [3.05, 3.63) is 69.3 Å². The van der Waals surface area contributed by atoms with E-state index in [0.29, 0.717) is 11.1 Å². The number of hydrogen-bond acceptors (Lipinski definition) is 5. The number of carbonyl (C=O) groups excluding carboxylic acids is 1. The van der Waals surface area contributed by atoms with Crippen LogP contribution in [-0.2, 0) is 27.4 Å². The summed E-state index contributed by atoms with van der Waals surface area (Å²) in [7, 11) is -3.97. The highest BCUT2D eigenvalue weighted by molar-refractivity contribution is 7.89. The van der Waals surface area contributed by atoms with Crippen molar-refractivity contribution in [2.75, 3.05) is 26.2 Å². The van der Waals surface area contributed by atoms with E-state index in [1.165, 1.54) is 33.5 Å². The lowest BCUT2D eigenvalue weighted by molar-refractivity contribution is -0.385. The summed E-state index contributed by atoms with van der Waals surface area (Å²) in [5.74, 6) is -0.224. The van der Waals surface area contributed by atoms with Crippen LogP contribution in [0.25, 0.3) is 0 Å². The quantitative estimate of drug-likeness (QED) is 0.461. The number of piperazine rings is 1. The first-order valence-electron chi connectivity index (χ1n) is 10.1. The summed E-state index contributed by atoms with van der Waals surface area (Å²) in [4.78, 5) is 24.2. The molecule has 0 N–H and O–H groups in total. The van der Waals surface area contributed by atoms with E-state index in [2.05, 4.69) is 0 Å². The van der Waals surface area contributed by atoms with Gasteiger partial charge in [0.15, 0.2) is 0 Å². The topological polar surface area (TPSA) is 101 Å². The molecule has 0 bridgehead atoms. The van der Waals surface area contributed by atoms with Gasteiger partial charge in [-0.05, 0) is 36.6 Å². The van der Waals surface area contributed by atoms with Gasteiger partial charge >= 0.3 is 6.18 Å². The van der Waals surface area contributed by atoms with E-state index in [-0.39, 0.29) is 55.5 Å². The number of rotatable bonds is 6. The van der Waals surface area contributed by atoms with E-state index < -0.39 is 26.7 Å². The molecule has 12 heteroatoms. The van der Waals surface area contributed by atoms with Gasteiger partial charge in [0.25, 0.3) is 5.69 Å². The second-order valence-corrected chi connectivity index (χ2v) is 9.59. The first-order valence-corrected chi connectivity index (χ1v) is 11.5. The molecule has 0 spiro atoms. The molecule has 1 heterocycles. The molecule has 0 aliphatic carbocycles. The SMILES string of the molecule is Cc1ccc([N+](=O)[O-])cc1S(=O)(=O)N1CCN(C(=O)CCc2ccc(C(F)(F)F)cc2)CC1. The third-order valence-corrected chi connectivity index (χ3v) is 7.54.